The zero-order valence-corrected chi connectivity index (χ0v) is 12.4. The van der Waals surface area contributed by atoms with E-state index >= 15 is 0 Å². The number of hydrogen-bond donors (Lipinski definition) is 0. The van der Waals surface area contributed by atoms with Crippen molar-refractivity contribution in [1.82, 2.24) is 0 Å². The maximum Gasteiger partial charge on any atom is 0.338 e. The van der Waals surface area contributed by atoms with Gasteiger partial charge in [0.1, 0.15) is 12.4 Å². The van der Waals surface area contributed by atoms with Gasteiger partial charge in [-0.2, -0.15) is 0 Å². The van der Waals surface area contributed by atoms with Gasteiger partial charge in [-0.25, -0.2) is 9.59 Å². The predicted molar refractivity (Wildman–Crippen MR) is 79.9 cm³/mol. The van der Waals surface area contributed by atoms with Crippen molar-refractivity contribution in [2.45, 2.75) is 6.61 Å². The van der Waals surface area contributed by atoms with Crippen molar-refractivity contribution >= 4 is 11.9 Å². The Labute approximate surface area is 128 Å². The summed E-state index contributed by atoms with van der Waals surface area (Å²) in [5.74, 6) is -0.154. The summed E-state index contributed by atoms with van der Waals surface area (Å²) in [5.41, 5.74) is 1.62. The highest BCUT2D eigenvalue weighted by Crippen LogP contribution is 2.13. The van der Waals surface area contributed by atoms with Crippen molar-refractivity contribution in [3.63, 3.8) is 0 Å². The van der Waals surface area contributed by atoms with Gasteiger partial charge in [-0.05, 0) is 42.0 Å². The van der Waals surface area contributed by atoms with Gasteiger partial charge in [-0.1, -0.05) is 12.1 Å². The fraction of sp³-hybridized carbons (Fsp3) is 0.176. The SMILES string of the molecule is COC(=O)c1ccc(C(=O)OCc2ccc(OC)cc2)cc1. The first-order valence-electron chi connectivity index (χ1n) is 6.62. The Morgan fingerprint density at radius 3 is 1.86 bits per heavy atom. The molecule has 114 valence electrons. The molecule has 0 saturated heterocycles. The fourth-order valence-corrected chi connectivity index (χ4v) is 1.81. The molecule has 0 aromatic heterocycles. The number of hydrogen-bond acceptors (Lipinski definition) is 5. The predicted octanol–water partition coefficient (Wildman–Crippen LogP) is 2.84. The maximum absolute atomic E-state index is 11.9. The molecular formula is C17H16O5. The summed E-state index contributed by atoms with van der Waals surface area (Å²) in [6.07, 6.45) is 0. The Bertz CT molecular complexity index is 644. The van der Waals surface area contributed by atoms with Crippen LogP contribution in [0, 0.1) is 0 Å². The molecule has 2 aromatic carbocycles. The molecule has 2 aromatic rings. The van der Waals surface area contributed by atoms with Gasteiger partial charge >= 0.3 is 11.9 Å². The highest BCUT2D eigenvalue weighted by molar-refractivity contribution is 5.93. The molecule has 0 bridgehead atoms. The quantitative estimate of drug-likeness (QED) is 0.795. The van der Waals surface area contributed by atoms with Crippen molar-refractivity contribution in [1.29, 1.82) is 0 Å². The number of benzene rings is 2. The van der Waals surface area contributed by atoms with Crippen LogP contribution in [-0.2, 0) is 16.1 Å². The van der Waals surface area contributed by atoms with Gasteiger partial charge < -0.3 is 14.2 Å². The van der Waals surface area contributed by atoms with E-state index in [1.54, 1.807) is 19.2 Å². The highest BCUT2D eigenvalue weighted by atomic mass is 16.5. The van der Waals surface area contributed by atoms with Crippen LogP contribution in [0.25, 0.3) is 0 Å². The topological polar surface area (TPSA) is 61.8 Å². The zero-order chi connectivity index (χ0) is 15.9. The van der Waals surface area contributed by atoms with Crippen LogP contribution in [0.4, 0.5) is 0 Å². The van der Waals surface area contributed by atoms with Crippen LogP contribution >= 0.6 is 0 Å². The standard InChI is InChI=1S/C17H16O5/c1-20-15-9-3-12(4-10-15)11-22-17(19)14-7-5-13(6-8-14)16(18)21-2/h3-10H,11H2,1-2H3. The molecule has 0 N–H and O–H groups in total. The third-order valence-corrected chi connectivity index (χ3v) is 3.07. The monoisotopic (exact) mass is 300 g/mol. The molecule has 0 saturated carbocycles. The largest absolute Gasteiger partial charge is 0.497 e. The Hall–Kier alpha value is -2.82. The lowest BCUT2D eigenvalue weighted by atomic mass is 10.1. The lowest BCUT2D eigenvalue weighted by Gasteiger charge is -2.06. The smallest absolute Gasteiger partial charge is 0.338 e. The molecule has 0 atom stereocenters. The minimum absolute atomic E-state index is 0.168. The summed E-state index contributed by atoms with van der Waals surface area (Å²) in [4.78, 5) is 23.2. The van der Waals surface area contributed by atoms with Crippen LogP contribution < -0.4 is 4.74 Å². The van der Waals surface area contributed by atoms with E-state index in [0.29, 0.717) is 11.1 Å². The average molecular weight is 300 g/mol. The van der Waals surface area contributed by atoms with E-state index < -0.39 is 11.9 Å². The van der Waals surface area contributed by atoms with Crippen LogP contribution in [0.5, 0.6) is 5.75 Å². The third-order valence-electron chi connectivity index (χ3n) is 3.07. The molecular weight excluding hydrogens is 284 g/mol. The summed E-state index contributed by atoms with van der Waals surface area (Å²) in [5, 5.41) is 0. The van der Waals surface area contributed by atoms with E-state index in [1.165, 1.54) is 31.4 Å². The molecule has 5 nitrogen and oxygen atoms in total. The highest BCUT2D eigenvalue weighted by Gasteiger charge is 2.10. The molecule has 0 spiro atoms. The van der Waals surface area contributed by atoms with Crippen LogP contribution in [0.1, 0.15) is 26.3 Å². The van der Waals surface area contributed by atoms with Crippen molar-refractivity contribution in [2.24, 2.45) is 0 Å². The lowest BCUT2D eigenvalue weighted by Crippen LogP contribution is -2.06. The number of methoxy groups -OCH3 is 2. The molecule has 0 unspecified atom stereocenters. The Balaban J connectivity index is 1.95. The van der Waals surface area contributed by atoms with E-state index in [4.69, 9.17) is 9.47 Å². The maximum atomic E-state index is 11.9. The second-order valence-electron chi connectivity index (χ2n) is 4.49. The van der Waals surface area contributed by atoms with Gasteiger partial charge in [0.25, 0.3) is 0 Å². The van der Waals surface area contributed by atoms with Crippen LogP contribution in [0.15, 0.2) is 48.5 Å². The number of esters is 2. The van der Waals surface area contributed by atoms with Crippen LogP contribution in [0.2, 0.25) is 0 Å². The normalized spacial score (nSPS) is 9.91. The van der Waals surface area contributed by atoms with E-state index in [-0.39, 0.29) is 6.61 Å². The summed E-state index contributed by atoms with van der Waals surface area (Å²) in [7, 11) is 2.90. The van der Waals surface area contributed by atoms with Crippen molar-refractivity contribution in [2.75, 3.05) is 14.2 Å². The van der Waals surface area contributed by atoms with Crippen LogP contribution in [-0.4, -0.2) is 26.2 Å². The van der Waals surface area contributed by atoms with E-state index in [1.807, 2.05) is 12.1 Å². The fourth-order valence-electron chi connectivity index (χ4n) is 1.81. The minimum Gasteiger partial charge on any atom is -0.497 e. The lowest BCUT2D eigenvalue weighted by molar-refractivity contribution is 0.0471. The van der Waals surface area contributed by atoms with Gasteiger partial charge in [0.2, 0.25) is 0 Å². The summed E-state index contributed by atoms with van der Waals surface area (Å²) < 4.78 is 14.9. The molecule has 0 aliphatic rings. The Morgan fingerprint density at radius 2 is 1.36 bits per heavy atom. The Kier molecular flexibility index (Phi) is 5.14. The molecule has 0 aliphatic heterocycles. The van der Waals surface area contributed by atoms with Gasteiger partial charge in [-0.3, -0.25) is 0 Å². The van der Waals surface area contributed by atoms with Crippen molar-refractivity contribution in [3.05, 3.63) is 65.2 Å². The first-order valence-corrected chi connectivity index (χ1v) is 6.62. The summed E-state index contributed by atoms with van der Waals surface area (Å²) in [6.45, 7) is 0.168. The molecule has 2 rings (SSSR count). The first-order chi connectivity index (χ1) is 10.6. The summed E-state index contributed by atoms with van der Waals surface area (Å²) in [6, 6.07) is 13.4. The minimum atomic E-state index is -0.452. The van der Waals surface area contributed by atoms with Crippen molar-refractivity contribution in [3.8, 4) is 5.75 Å². The van der Waals surface area contributed by atoms with Crippen molar-refractivity contribution < 1.29 is 23.8 Å². The molecule has 0 aliphatic carbocycles. The van der Waals surface area contributed by atoms with Crippen LogP contribution in [0.3, 0.4) is 0 Å². The van der Waals surface area contributed by atoms with Gasteiger partial charge in [0.05, 0.1) is 25.3 Å². The molecule has 0 fully saturated rings. The number of carbonyl (C=O) groups is 2. The second kappa shape index (κ2) is 7.26. The number of carbonyl (C=O) groups excluding carboxylic acids is 2. The number of ether oxygens (including phenoxy) is 3. The Morgan fingerprint density at radius 1 is 0.818 bits per heavy atom. The van der Waals surface area contributed by atoms with Gasteiger partial charge in [-0.15, -0.1) is 0 Å². The van der Waals surface area contributed by atoms with E-state index in [9.17, 15) is 9.59 Å². The first kappa shape index (κ1) is 15.6. The van der Waals surface area contributed by atoms with E-state index in [2.05, 4.69) is 4.74 Å². The molecule has 22 heavy (non-hydrogen) atoms. The molecule has 0 heterocycles. The van der Waals surface area contributed by atoms with E-state index in [0.717, 1.165) is 11.3 Å². The van der Waals surface area contributed by atoms with Gasteiger partial charge in [0, 0.05) is 0 Å². The molecule has 0 radical (unpaired) electrons. The number of rotatable bonds is 5. The second-order valence-corrected chi connectivity index (χ2v) is 4.49. The van der Waals surface area contributed by atoms with Gasteiger partial charge in [0.15, 0.2) is 0 Å². The molecule has 5 heteroatoms. The zero-order valence-electron chi connectivity index (χ0n) is 12.4. The average Bonchev–Trinajstić information content (AvgIpc) is 2.59. The molecule has 0 amide bonds. The summed E-state index contributed by atoms with van der Waals surface area (Å²) >= 11 is 0. The third kappa shape index (κ3) is 3.85.